The molecule has 0 saturated heterocycles. The van der Waals surface area contributed by atoms with Crippen molar-refractivity contribution >= 4 is 5.91 Å². The number of nitrogens with one attached hydrogen (secondary N) is 2. The van der Waals surface area contributed by atoms with Crippen LogP contribution >= 0.6 is 0 Å². The normalized spacial score (nSPS) is 13.1. The molecule has 3 N–H and O–H groups in total. The Labute approximate surface area is 112 Å². The number of hydrogen-bond donors (Lipinski definition) is 3. The van der Waals surface area contributed by atoms with Crippen LogP contribution < -0.4 is 11.0 Å². The molecule has 0 aliphatic rings. The highest BCUT2D eigenvalue weighted by atomic mass is 19.4. The third-order valence-electron chi connectivity index (χ3n) is 2.66. The lowest BCUT2D eigenvalue weighted by Gasteiger charge is -2.15. The van der Waals surface area contributed by atoms with Crippen molar-refractivity contribution in [3.05, 3.63) is 27.4 Å². The van der Waals surface area contributed by atoms with Crippen LogP contribution in [0.2, 0.25) is 0 Å². The Hall–Kier alpha value is -1.90. The number of aryl methyl sites for hydroxylation is 2. The van der Waals surface area contributed by atoms with Crippen LogP contribution in [0.3, 0.4) is 0 Å². The lowest BCUT2D eigenvalue weighted by molar-refractivity contribution is -0.201. The monoisotopic (exact) mass is 293 g/mol. The van der Waals surface area contributed by atoms with Gasteiger partial charge in [-0.15, -0.1) is 0 Å². The quantitative estimate of drug-likeness (QED) is 0.726. The number of aliphatic hydroxyl groups excluding tert-OH is 1. The minimum absolute atomic E-state index is 0.230. The zero-order chi connectivity index (χ0) is 15.5. The molecule has 0 spiro atoms. The van der Waals surface area contributed by atoms with Crippen LogP contribution in [0, 0.1) is 13.8 Å². The smallest absolute Gasteiger partial charge is 0.382 e. The molecule has 0 fully saturated rings. The van der Waals surface area contributed by atoms with E-state index in [1.54, 1.807) is 6.92 Å². The molecule has 9 heteroatoms. The van der Waals surface area contributed by atoms with Gasteiger partial charge in [0.25, 0.3) is 0 Å². The summed E-state index contributed by atoms with van der Waals surface area (Å²) < 4.78 is 36.1. The number of rotatable bonds is 4. The molecule has 1 unspecified atom stereocenters. The lowest BCUT2D eigenvalue weighted by Crippen LogP contribution is -2.41. The maximum absolute atomic E-state index is 12.0. The highest BCUT2D eigenvalue weighted by Crippen LogP contribution is 2.19. The molecule has 20 heavy (non-hydrogen) atoms. The van der Waals surface area contributed by atoms with Gasteiger partial charge in [-0.25, -0.2) is 4.79 Å². The predicted octanol–water partition coefficient (Wildman–Crippen LogP) is -0.0314. The Morgan fingerprint density at radius 1 is 1.45 bits per heavy atom. The van der Waals surface area contributed by atoms with Gasteiger partial charge in [-0.1, -0.05) is 0 Å². The van der Waals surface area contributed by atoms with E-state index < -0.39 is 30.4 Å². The van der Waals surface area contributed by atoms with Gasteiger partial charge in [-0.05, 0) is 13.8 Å². The zero-order valence-electron chi connectivity index (χ0n) is 10.8. The first-order valence-corrected chi connectivity index (χ1v) is 5.69. The summed E-state index contributed by atoms with van der Waals surface area (Å²) in [6, 6.07) is 0. The van der Waals surface area contributed by atoms with Crippen molar-refractivity contribution in [2.75, 3.05) is 6.54 Å². The first-order valence-electron chi connectivity index (χ1n) is 5.69. The van der Waals surface area contributed by atoms with Crippen LogP contribution in [0.5, 0.6) is 0 Å². The summed E-state index contributed by atoms with van der Waals surface area (Å²) in [6.07, 6.45) is -7.62. The molecular formula is C11H14F3N3O3. The molecule has 0 saturated carbocycles. The fourth-order valence-corrected chi connectivity index (χ4v) is 1.56. The Balaban J connectivity index is 2.66. The van der Waals surface area contributed by atoms with E-state index in [4.69, 9.17) is 5.11 Å². The second kappa shape index (κ2) is 6.04. The fourth-order valence-electron chi connectivity index (χ4n) is 1.56. The van der Waals surface area contributed by atoms with Gasteiger partial charge in [-0.3, -0.25) is 4.79 Å². The number of aromatic nitrogens is 2. The van der Waals surface area contributed by atoms with Crippen LogP contribution in [-0.2, 0) is 11.2 Å². The third-order valence-corrected chi connectivity index (χ3v) is 2.66. The molecule has 1 rings (SSSR count). The summed E-state index contributed by atoms with van der Waals surface area (Å²) in [6.45, 7) is 2.16. The molecule has 112 valence electrons. The zero-order valence-corrected chi connectivity index (χ0v) is 10.8. The van der Waals surface area contributed by atoms with Crippen LogP contribution in [0.25, 0.3) is 0 Å². The Morgan fingerprint density at radius 2 is 2.05 bits per heavy atom. The van der Waals surface area contributed by atoms with Gasteiger partial charge in [0, 0.05) is 17.0 Å². The molecule has 1 aromatic heterocycles. The van der Waals surface area contributed by atoms with Gasteiger partial charge >= 0.3 is 11.9 Å². The van der Waals surface area contributed by atoms with Crippen LogP contribution in [0.15, 0.2) is 4.79 Å². The highest BCUT2D eigenvalue weighted by Gasteiger charge is 2.38. The van der Waals surface area contributed by atoms with Crippen LogP contribution in [-0.4, -0.2) is 39.8 Å². The molecule has 0 aromatic carbocycles. The van der Waals surface area contributed by atoms with Gasteiger partial charge in [0.1, 0.15) is 0 Å². The number of aromatic amines is 1. The Morgan fingerprint density at radius 3 is 2.55 bits per heavy atom. The molecule has 0 aliphatic carbocycles. The van der Waals surface area contributed by atoms with Crippen molar-refractivity contribution in [3.8, 4) is 0 Å². The number of hydrogen-bond acceptors (Lipinski definition) is 4. The number of H-pyrrole nitrogens is 1. The maximum Gasteiger partial charge on any atom is 0.416 e. The van der Waals surface area contributed by atoms with Crippen LogP contribution in [0.4, 0.5) is 13.2 Å². The van der Waals surface area contributed by atoms with Crippen molar-refractivity contribution in [1.29, 1.82) is 0 Å². The summed E-state index contributed by atoms with van der Waals surface area (Å²) in [5.41, 5.74) is 0.632. The predicted molar refractivity (Wildman–Crippen MR) is 63.1 cm³/mol. The summed E-state index contributed by atoms with van der Waals surface area (Å²) in [4.78, 5) is 28.6. The molecular weight excluding hydrogens is 279 g/mol. The van der Waals surface area contributed by atoms with Crippen molar-refractivity contribution < 1.29 is 23.1 Å². The van der Waals surface area contributed by atoms with Gasteiger partial charge in [-0.2, -0.15) is 18.2 Å². The summed E-state index contributed by atoms with van der Waals surface area (Å²) >= 11 is 0. The van der Waals surface area contributed by atoms with E-state index >= 15 is 0 Å². The number of alkyl halides is 3. The summed E-state index contributed by atoms with van der Waals surface area (Å²) in [7, 11) is 0. The number of amides is 1. The van der Waals surface area contributed by atoms with E-state index in [9.17, 15) is 22.8 Å². The topological polar surface area (TPSA) is 95.1 Å². The number of carbonyl (C=O) groups excluding carboxylic acids is 1. The van der Waals surface area contributed by atoms with E-state index in [0.717, 1.165) is 0 Å². The molecule has 1 atom stereocenters. The van der Waals surface area contributed by atoms with Gasteiger partial charge in [0.05, 0.1) is 13.0 Å². The summed E-state index contributed by atoms with van der Waals surface area (Å²) in [5, 5.41) is 10.7. The Bertz CT molecular complexity index is 528. The summed E-state index contributed by atoms with van der Waals surface area (Å²) in [5.74, 6) is -0.701. The Kier molecular flexibility index (Phi) is 4.88. The second-order valence-electron chi connectivity index (χ2n) is 4.27. The number of halogens is 3. The van der Waals surface area contributed by atoms with E-state index in [-0.39, 0.29) is 6.42 Å². The highest BCUT2D eigenvalue weighted by molar-refractivity contribution is 5.79. The van der Waals surface area contributed by atoms with Gasteiger partial charge in [0.2, 0.25) is 5.91 Å². The number of carbonyl (C=O) groups is 1. The third kappa shape index (κ3) is 4.34. The van der Waals surface area contributed by atoms with E-state index in [1.165, 1.54) is 6.92 Å². The second-order valence-corrected chi connectivity index (χ2v) is 4.27. The largest absolute Gasteiger partial charge is 0.416 e. The first kappa shape index (κ1) is 16.2. The average molecular weight is 293 g/mol. The van der Waals surface area contributed by atoms with Crippen molar-refractivity contribution in [1.82, 2.24) is 15.3 Å². The molecule has 0 radical (unpaired) electrons. The minimum atomic E-state index is -4.78. The van der Waals surface area contributed by atoms with Crippen LogP contribution in [0.1, 0.15) is 17.0 Å². The van der Waals surface area contributed by atoms with E-state index in [0.29, 0.717) is 17.0 Å². The minimum Gasteiger partial charge on any atom is -0.382 e. The standard InChI is InChI=1S/C11H14F3N3O3/c1-5-7(6(2)17-10(20)16-5)3-9(19)15-4-8(18)11(12,13)14/h8,18H,3-4H2,1-2H3,(H,15,19)(H,16,17,20). The maximum atomic E-state index is 12.0. The van der Waals surface area contributed by atoms with E-state index in [2.05, 4.69) is 9.97 Å². The fraction of sp³-hybridized carbons (Fsp3) is 0.545. The van der Waals surface area contributed by atoms with Crippen molar-refractivity contribution in [2.45, 2.75) is 32.5 Å². The molecule has 1 aromatic rings. The number of aliphatic hydroxyl groups is 1. The SMILES string of the molecule is Cc1nc(=O)[nH]c(C)c1CC(=O)NCC(O)C(F)(F)F. The molecule has 0 aliphatic heterocycles. The van der Waals surface area contributed by atoms with E-state index in [1.807, 2.05) is 5.32 Å². The number of nitrogens with zero attached hydrogens (tertiary/aromatic N) is 1. The molecule has 1 heterocycles. The van der Waals surface area contributed by atoms with Gasteiger partial charge < -0.3 is 15.4 Å². The molecule has 1 amide bonds. The van der Waals surface area contributed by atoms with Crippen molar-refractivity contribution in [2.24, 2.45) is 0 Å². The average Bonchev–Trinajstić information content (AvgIpc) is 2.29. The molecule has 6 nitrogen and oxygen atoms in total. The lowest BCUT2D eigenvalue weighted by atomic mass is 10.1. The van der Waals surface area contributed by atoms with Gasteiger partial charge in [0.15, 0.2) is 6.10 Å². The van der Waals surface area contributed by atoms with Crippen molar-refractivity contribution in [3.63, 3.8) is 0 Å². The first-order chi connectivity index (χ1) is 9.11. The molecule has 0 bridgehead atoms.